The lowest BCUT2D eigenvalue weighted by molar-refractivity contribution is -0.122. The Morgan fingerprint density at radius 3 is 2.53 bits per heavy atom. The lowest BCUT2D eigenvalue weighted by Gasteiger charge is -2.28. The lowest BCUT2D eigenvalue weighted by atomic mass is 10.1. The van der Waals surface area contributed by atoms with E-state index in [1.54, 1.807) is 25.1 Å². The minimum atomic E-state index is -3.70. The van der Waals surface area contributed by atoms with Crippen LogP contribution in [0.1, 0.15) is 23.6 Å². The van der Waals surface area contributed by atoms with Crippen LogP contribution < -0.4 is 9.62 Å². The number of rotatable bonds is 8. The van der Waals surface area contributed by atoms with Crippen molar-refractivity contribution in [2.24, 2.45) is 0 Å². The zero-order chi connectivity index (χ0) is 23.3. The van der Waals surface area contributed by atoms with E-state index in [0.29, 0.717) is 17.3 Å². The van der Waals surface area contributed by atoms with Crippen molar-refractivity contribution >= 4 is 33.2 Å². The number of morpholine rings is 1. The molecule has 1 saturated heterocycles. The summed E-state index contributed by atoms with van der Waals surface area (Å²) in [5, 5.41) is 3.31. The maximum absolute atomic E-state index is 12.9. The van der Waals surface area contributed by atoms with Crippen molar-refractivity contribution in [3.63, 3.8) is 0 Å². The van der Waals surface area contributed by atoms with Crippen molar-refractivity contribution in [3.8, 4) is 0 Å². The fourth-order valence-electron chi connectivity index (χ4n) is 3.72. The third-order valence-electron chi connectivity index (χ3n) is 5.47. The molecular weight excluding hydrogens is 450 g/mol. The number of aryl methyl sites for hydroxylation is 1. The predicted octanol–water partition coefficient (Wildman–Crippen LogP) is 2.95. The summed E-state index contributed by atoms with van der Waals surface area (Å²) in [5.74, 6) is -0.384. The molecule has 1 fully saturated rings. The van der Waals surface area contributed by atoms with Gasteiger partial charge in [-0.05, 0) is 42.7 Å². The first kappa shape index (κ1) is 24.5. The van der Waals surface area contributed by atoms with Crippen molar-refractivity contribution in [2.75, 3.05) is 36.9 Å². The van der Waals surface area contributed by atoms with Crippen molar-refractivity contribution in [1.29, 1.82) is 0 Å². The van der Waals surface area contributed by atoms with E-state index in [-0.39, 0.29) is 5.91 Å². The number of benzene rings is 2. The van der Waals surface area contributed by atoms with Crippen LogP contribution in [0.2, 0.25) is 5.02 Å². The molecule has 0 aromatic heterocycles. The molecule has 32 heavy (non-hydrogen) atoms. The first-order valence-corrected chi connectivity index (χ1v) is 12.8. The summed E-state index contributed by atoms with van der Waals surface area (Å²) in [6.07, 6.45) is 1.08. The quantitative estimate of drug-likeness (QED) is 0.629. The van der Waals surface area contributed by atoms with Crippen LogP contribution in [0.3, 0.4) is 0 Å². The molecule has 7 nitrogen and oxygen atoms in total. The van der Waals surface area contributed by atoms with Crippen molar-refractivity contribution in [1.82, 2.24) is 10.2 Å². The molecule has 1 amide bonds. The number of carbonyl (C=O) groups is 1. The molecule has 0 bridgehead atoms. The van der Waals surface area contributed by atoms with Crippen molar-refractivity contribution < 1.29 is 17.9 Å². The molecule has 0 saturated carbocycles. The zero-order valence-corrected chi connectivity index (χ0v) is 20.2. The second-order valence-electron chi connectivity index (χ2n) is 8.09. The first-order valence-electron chi connectivity index (χ1n) is 10.6. The van der Waals surface area contributed by atoms with Crippen LogP contribution in [0, 0.1) is 6.92 Å². The minimum Gasteiger partial charge on any atom is -0.379 e. The van der Waals surface area contributed by atoms with E-state index >= 15 is 0 Å². The van der Waals surface area contributed by atoms with Gasteiger partial charge >= 0.3 is 0 Å². The lowest BCUT2D eigenvalue weighted by Crippen LogP contribution is -2.47. The maximum atomic E-state index is 12.9. The number of nitrogens with zero attached hydrogens (tertiary/aromatic N) is 2. The molecule has 0 unspecified atom stereocenters. The molecule has 1 aliphatic rings. The normalized spacial score (nSPS) is 15.9. The SMILES string of the molecule is Cc1ccc(N([C@H](C)C(=O)NCc2cccc(CN3CCOCC3)c2)S(C)(=O)=O)cc1Cl. The van der Waals surface area contributed by atoms with E-state index in [0.717, 1.165) is 54.5 Å². The number of amides is 1. The Hall–Kier alpha value is -2.13. The maximum Gasteiger partial charge on any atom is 0.243 e. The molecule has 0 radical (unpaired) electrons. The topological polar surface area (TPSA) is 79.0 Å². The molecule has 1 atom stereocenters. The van der Waals surface area contributed by atoms with Gasteiger partial charge in [-0.25, -0.2) is 8.42 Å². The molecule has 0 aliphatic carbocycles. The van der Waals surface area contributed by atoms with Gasteiger partial charge in [0.2, 0.25) is 15.9 Å². The van der Waals surface area contributed by atoms with Gasteiger partial charge in [0.1, 0.15) is 6.04 Å². The second kappa shape index (κ2) is 10.7. The number of ether oxygens (including phenoxy) is 1. The number of nitrogens with one attached hydrogen (secondary N) is 1. The van der Waals surface area contributed by atoms with E-state index < -0.39 is 16.1 Å². The van der Waals surface area contributed by atoms with Gasteiger partial charge in [0.05, 0.1) is 25.2 Å². The molecular formula is C23H30ClN3O4S. The highest BCUT2D eigenvalue weighted by Crippen LogP contribution is 2.26. The van der Waals surface area contributed by atoms with E-state index in [1.165, 1.54) is 5.56 Å². The largest absolute Gasteiger partial charge is 0.379 e. The van der Waals surface area contributed by atoms with Gasteiger partial charge in [-0.15, -0.1) is 0 Å². The van der Waals surface area contributed by atoms with Gasteiger partial charge in [-0.3, -0.25) is 14.0 Å². The molecule has 0 spiro atoms. The fraction of sp³-hybridized carbons (Fsp3) is 0.435. The fourth-order valence-corrected chi connectivity index (χ4v) is 5.06. The Morgan fingerprint density at radius 1 is 1.19 bits per heavy atom. The van der Waals surface area contributed by atoms with Gasteiger partial charge in [-0.2, -0.15) is 0 Å². The van der Waals surface area contributed by atoms with Crippen LogP contribution in [0.5, 0.6) is 0 Å². The minimum absolute atomic E-state index is 0.312. The molecule has 1 aliphatic heterocycles. The third kappa shape index (κ3) is 6.45. The van der Waals surface area contributed by atoms with Crippen molar-refractivity contribution in [2.45, 2.75) is 33.0 Å². The number of halogens is 1. The van der Waals surface area contributed by atoms with Gasteiger partial charge in [0, 0.05) is 31.2 Å². The highest BCUT2D eigenvalue weighted by Gasteiger charge is 2.29. The Morgan fingerprint density at radius 2 is 1.88 bits per heavy atom. The molecule has 2 aromatic carbocycles. The highest BCUT2D eigenvalue weighted by molar-refractivity contribution is 7.92. The highest BCUT2D eigenvalue weighted by atomic mass is 35.5. The van der Waals surface area contributed by atoms with Crippen LogP contribution in [-0.4, -0.2) is 57.8 Å². The number of hydrogen-bond acceptors (Lipinski definition) is 5. The second-order valence-corrected chi connectivity index (χ2v) is 10.4. The molecule has 1 N–H and O–H groups in total. The Balaban J connectivity index is 1.67. The van der Waals surface area contributed by atoms with Gasteiger partial charge < -0.3 is 10.1 Å². The monoisotopic (exact) mass is 479 g/mol. The van der Waals surface area contributed by atoms with Gasteiger partial charge in [-0.1, -0.05) is 41.9 Å². The molecule has 2 aromatic rings. The first-order chi connectivity index (χ1) is 15.1. The van der Waals surface area contributed by atoms with E-state index in [1.807, 2.05) is 19.1 Å². The third-order valence-corrected chi connectivity index (χ3v) is 7.12. The summed E-state index contributed by atoms with van der Waals surface area (Å²) in [7, 11) is -3.70. The summed E-state index contributed by atoms with van der Waals surface area (Å²) >= 11 is 6.19. The summed E-state index contributed by atoms with van der Waals surface area (Å²) in [6, 6.07) is 12.1. The van der Waals surface area contributed by atoms with Crippen LogP contribution in [0.25, 0.3) is 0 Å². The van der Waals surface area contributed by atoms with Gasteiger partial charge in [0.15, 0.2) is 0 Å². The van der Waals surface area contributed by atoms with E-state index in [9.17, 15) is 13.2 Å². The van der Waals surface area contributed by atoms with Crippen LogP contribution in [-0.2, 0) is 32.6 Å². The standard InChI is InChI=1S/C23H30ClN3O4S/c1-17-7-8-21(14-22(17)24)27(32(3,29)30)18(2)23(28)25-15-19-5-4-6-20(13-19)16-26-9-11-31-12-10-26/h4-8,13-14,18H,9-12,15-16H2,1-3H3,(H,25,28)/t18-/m1/s1. The molecule has 174 valence electrons. The number of sulfonamides is 1. The Bertz CT molecular complexity index is 1050. The molecule has 3 rings (SSSR count). The Kier molecular flexibility index (Phi) is 8.16. The zero-order valence-electron chi connectivity index (χ0n) is 18.7. The average Bonchev–Trinajstić information content (AvgIpc) is 2.74. The van der Waals surface area contributed by atoms with Crippen LogP contribution in [0.15, 0.2) is 42.5 Å². The van der Waals surface area contributed by atoms with E-state index in [2.05, 4.69) is 22.3 Å². The molecule has 9 heteroatoms. The van der Waals surface area contributed by atoms with E-state index in [4.69, 9.17) is 16.3 Å². The van der Waals surface area contributed by atoms with Gasteiger partial charge in [0.25, 0.3) is 0 Å². The Labute approximate surface area is 195 Å². The summed E-state index contributed by atoms with van der Waals surface area (Å²) in [5.41, 5.74) is 3.32. The number of carbonyl (C=O) groups excluding carboxylic acids is 1. The smallest absolute Gasteiger partial charge is 0.243 e. The summed E-state index contributed by atoms with van der Waals surface area (Å²) in [4.78, 5) is 15.2. The number of anilines is 1. The van der Waals surface area contributed by atoms with Crippen LogP contribution in [0.4, 0.5) is 5.69 Å². The number of hydrogen-bond donors (Lipinski definition) is 1. The van der Waals surface area contributed by atoms with Crippen molar-refractivity contribution in [3.05, 3.63) is 64.2 Å². The summed E-state index contributed by atoms with van der Waals surface area (Å²) in [6.45, 7) is 7.85. The molecule has 1 heterocycles. The average molecular weight is 480 g/mol. The predicted molar refractivity (Wildman–Crippen MR) is 127 cm³/mol. The summed E-state index contributed by atoms with van der Waals surface area (Å²) < 4.78 is 31.4. The van der Waals surface area contributed by atoms with Crippen LogP contribution >= 0.6 is 11.6 Å².